The van der Waals surface area contributed by atoms with E-state index in [0.717, 1.165) is 32.2 Å². The Hall–Kier alpha value is -3.12. The fourth-order valence-electron chi connectivity index (χ4n) is 2.80. The van der Waals surface area contributed by atoms with Gasteiger partial charge in [-0.05, 0) is 55.0 Å². The molecule has 0 atom stereocenters. The first-order valence-electron chi connectivity index (χ1n) is 8.56. The highest BCUT2D eigenvalue weighted by atomic mass is 32.1. The summed E-state index contributed by atoms with van der Waals surface area (Å²) < 4.78 is 6.85. The molecule has 0 aliphatic rings. The number of nitrogens with one attached hydrogen (secondary N) is 1. The first-order valence-corrected chi connectivity index (χ1v) is 9.38. The van der Waals surface area contributed by atoms with Crippen LogP contribution in [-0.2, 0) is 0 Å². The quantitative estimate of drug-likeness (QED) is 0.532. The summed E-state index contributed by atoms with van der Waals surface area (Å²) in [4.78, 5) is 19.2. The van der Waals surface area contributed by atoms with Crippen molar-refractivity contribution in [1.29, 1.82) is 0 Å². The molecule has 0 aliphatic carbocycles. The van der Waals surface area contributed by atoms with Gasteiger partial charge in [0.15, 0.2) is 16.5 Å². The average Bonchev–Trinajstić information content (AvgIpc) is 3.29. The van der Waals surface area contributed by atoms with E-state index in [-0.39, 0.29) is 11.7 Å². The highest BCUT2D eigenvalue weighted by molar-refractivity contribution is 7.21. The lowest BCUT2D eigenvalue weighted by Gasteiger charge is -2.15. The normalized spacial score (nSPS) is 10.9. The van der Waals surface area contributed by atoms with Crippen molar-refractivity contribution in [3.63, 3.8) is 0 Å². The Morgan fingerprint density at radius 2 is 1.93 bits per heavy atom. The van der Waals surface area contributed by atoms with E-state index in [1.165, 1.54) is 0 Å². The van der Waals surface area contributed by atoms with Gasteiger partial charge in [-0.2, -0.15) is 0 Å². The maximum atomic E-state index is 12.6. The van der Waals surface area contributed by atoms with Crippen LogP contribution in [0.5, 0.6) is 0 Å². The number of nitrogens with zero attached hydrogens (tertiary/aromatic N) is 2. The van der Waals surface area contributed by atoms with Gasteiger partial charge >= 0.3 is 0 Å². The number of amides is 1. The van der Waals surface area contributed by atoms with E-state index in [1.807, 2.05) is 68.4 Å². The zero-order valence-electron chi connectivity index (χ0n) is 15.3. The molecule has 2 aromatic heterocycles. The van der Waals surface area contributed by atoms with Crippen LogP contribution in [0.15, 0.2) is 59.0 Å². The van der Waals surface area contributed by atoms with Gasteiger partial charge in [-0.15, -0.1) is 11.3 Å². The Labute approximate surface area is 161 Å². The number of carbonyl (C=O) groups excluding carboxylic acids is 1. The SMILES string of the molecule is Cc1cc(N(C)C)ccc1NC(=O)c1ccc(-c2nc3ccccc3s2)o1. The maximum Gasteiger partial charge on any atom is 0.291 e. The van der Waals surface area contributed by atoms with Crippen LogP contribution in [0.3, 0.4) is 0 Å². The molecule has 1 N–H and O–H groups in total. The number of aromatic nitrogens is 1. The van der Waals surface area contributed by atoms with Gasteiger partial charge in [-0.25, -0.2) is 4.98 Å². The van der Waals surface area contributed by atoms with Crippen LogP contribution in [-0.4, -0.2) is 25.0 Å². The first kappa shape index (κ1) is 17.3. The third-order valence-electron chi connectivity index (χ3n) is 4.31. The van der Waals surface area contributed by atoms with E-state index in [1.54, 1.807) is 23.5 Å². The third-order valence-corrected chi connectivity index (χ3v) is 5.36. The number of para-hydroxylation sites is 1. The number of aryl methyl sites for hydroxylation is 1. The molecule has 2 aromatic carbocycles. The molecule has 2 heterocycles. The minimum absolute atomic E-state index is 0.264. The number of fused-ring (bicyclic) bond motifs is 1. The first-order chi connectivity index (χ1) is 13.0. The summed E-state index contributed by atoms with van der Waals surface area (Å²) in [5.41, 5.74) is 3.77. The molecule has 0 spiro atoms. The predicted octanol–water partition coefficient (Wildman–Crippen LogP) is 5.18. The van der Waals surface area contributed by atoms with Crippen LogP contribution in [0.2, 0.25) is 0 Å². The van der Waals surface area contributed by atoms with Crippen molar-refractivity contribution in [2.45, 2.75) is 6.92 Å². The second-order valence-electron chi connectivity index (χ2n) is 6.50. The zero-order chi connectivity index (χ0) is 19.0. The molecule has 1 amide bonds. The van der Waals surface area contributed by atoms with E-state index in [0.29, 0.717) is 5.76 Å². The molecule has 0 radical (unpaired) electrons. The van der Waals surface area contributed by atoms with Crippen molar-refractivity contribution < 1.29 is 9.21 Å². The van der Waals surface area contributed by atoms with Crippen molar-refractivity contribution in [1.82, 2.24) is 4.98 Å². The lowest BCUT2D eigenvalue weighted by atomic mass is 10.1. The summed E-state index contributed by atoms with van der Waals surface area (Å²) in [7, 11) is 3.97. The monoisotopic (exact) mass is 377 g/mol. The van der Waals surface area contributed by atoms with Crippen molar-refractivity contribution in [3.8, 4) is 10.8 Å². The fraction of sp³-hybridized carbons (Fsp3) is 0.143. The Bertz CT molecular complexity index is 1090. The Morgan fingerprint density at radius 1 is 1.11 bits per heavy atom. The number of carbonyl (C=O) groups is 1. The van der Waals surface area contributed by atoms with Crippen LogP contribution >= 0.6 is 11.3 Å². The molecular weight excluding hydrogens is 358 g/mol. The van der Waals surface area contributed by atoms with Gasteiger partial charge in [-0.3, -0.25) is 4.79 Å². The van der Waals surface area contributed by atoms with Crippen LogP contribution in [0, 0.1) is 6.92 Å². The molecule has 5 nitrogen and oxygen atoms in total. The summed E-state index contributed by atoms with van der Waals surface area (Å²) in [6, 6.07) is 17.3. The number of hydrogen-bond acceptors (Lipinski definition) is 5. The summed E-state index contributed by atoms with van der Waals surface area (Å²) in [6.45, 7) is 1.97. The maximum absolute atomic E-state index is 12.6. The predicted molar refractivity (Wildman–Crippen MR) is 111 cm³/mol. The molecule has 0 unspecified atom stereocenters. The second kappa shape index (κ2) is 6.89. The summed E-state index contributed by atoms with van der Waals surface area (Å²) >= 11 is 1.54. The number of rotatable bonds is 4. The van der Waals surface area contributed by atoms with Crippen LogP contribution in [0.4, 0.5) is 11.4 Å². The molecule has 6 heteroatoms. The molecule has 0 saturated heterocycles. The van der Waals surface area contributed by atoms with Crippen LogP contribution in [0.25, 0.3) is 21.0 Å². The molecule has 136 valence electrons. The topological polar surface area (TPSA) is 58.4 Å². The molecule has 0 saturated carbocycles. The average molecular weight is 377 g/mol. The molecule has 0 aliphatic heterocycles. The Balaban J connectivity index is 1.55. The lowest BCUT2D eigenvalue weighted by Crippen LogP contribution is -2.13. The van der Waals surface area contributed by atoms with Gasteiger partial charge in [0.2, 0.25) is 0 Å². The van der Waals surface area contributed by atoms with Crippen molar-refractivity contribution in [2.75, 3.05) is 24.3 Å². The van der Waals surface area contributed by atoms with Gasteiger partial charge < -0.3 is 14.6 Å². The van der Waals surface area contributed by atoms with Gasteiger partial charge in [-0.1, -0.05) is 12.1 Å². The minimum Gasteiger partial charge on any atom is -0.448 e. The fourth-order valence-corrected chi connectivity index (χ4v) is 3.73. The second-order valence-corrected chi connectivity index (χ2v) is 7.53. The van der Waals surface area contributed by atoms with Crippen LogP contribution in [0.1, 0.15) is 16.1 Å². The molecule has 0 bridgehead atoms. The van der Waals surface area contributed by atoms with Gasteiger partial charge in [0.05, 0.1) is 10.2 Å². The highest BCUT2D eigenvalue weighted by Crippen LogP contribution is 2.31. The Morgan fingerprint density at radius 3 is 2.67 bits per heavy atom. The van der Waals surface area contributed by atoms with Crippen molar-refractivity contribution >= 4 is 38.8 Å². The number of benzene rings is 2. The van der Waals surface area contributed by atoms with E-state index < -0.39 is 0 Å². The van der Waals surface area contributed by atoms with Gasteiger partial charge in [0.25, 0.3) is 5.91 Å². The smallest absolute Gasteiger partial charge is 0.291 e. The number of anilines is 2. The van der Waals surface area contributed by atoms with Crippen molar-refractivity contribution in [2.24, 2.45) is 0 Å². The molecule has 4 aromatic rings. The highest BCUT2D eigenvalue weighted by Gasteiger charge is 2.16. The van der Waals surface area contributed by atoms with E-state index in [2.05, 4.69) is 10.3 Å². The minimum atomic E-state index is -0.275. The largest absolute Gasteiger partial charge is 0.448 e. The summed E-state index contributed by atoms with van der Waals surface area (Å²) in [5, 5.41) is 3.68. The van der Waals surface area contributed by atoms with E-state index in [9.17, 15) is 4.79 Å². The van der Waals surface area contributed by atoms with Gasteiger partial charge in [0, 0.05) is 25.5 Å². The number of hydrogen-bond donors (Lipinski definition) is 1. The molecular formula is C21H19N3O2S. The molecule has 4 rings (SSSR count). The summed E-state index contributed by atoms with van der Waals surface area (Å²) in [6.07, 6.45) is 0. The third kappa shape index (κ3) is 3.44. The summed E-state index contributed by atoms with van der Waals surface area (Å²) in [5.74, 6) is 0.587. The number of furan rings is 1. The Kier molecular flexibility index (Phi) is 4.41. The van der Waals surface area contributed by atoms with Crippen LogP contribution < -0.4 is 10.2 Å². The zero-order valence-corrected chi connectivity index (χ0v) is 16.1. The molecule has 0 fully saturated rings. The standard InChI is InChI=1S/C21H19N3O2S/c1-13-12-14(24(2)3)8-9-15(13)22-20(25)17-10-11-18(26-17)21-23-16-6-4-5-7-19(16)27-21/h4-12H,1-3H3,(H,22,25). The van der Waals surface area contributed by atoms with Crippen molar-refractivity contribution in [3.05, 3.63) is 65.9 Å². The number of thiazole rings is 1. The lowest BCUT2D eigenvalue weighted by molar-refractivity contribution is 0.0997. The van der Waals surface area contributed by atoms with E-state index in [4.69, 9.17) is 4.42 Å². The molecule has 27 heavy (non-hydrogen) atoms. The van der Waals surface area contributed by atoms with E-state index >= 15 is 0 Å². The van der Waals surface area contributed by atoms with Gasteiger partial charge in [0.1, 0.15) is 0 Å².